The molecule has 0 aliphatic heterocycles. The van der Waals surface area contributed by atoms with Crippen molar-refractivity contribution in [3.05, 3.63) is 12.2 Å². The van der Waals surface area contributed by atoms with Gasteiger partial charge in [-0.1, -0.05) is 37.7 Å². The highest BCUT2D eigenvalue weighted by Crippen LogP contribution is 2.31. The van der Waals surface area contributed by atoms with Crippen LogP contribution in [-0.2, 0) is 9.59 Å². The van der Waals surface area contributed by atoms with E-state index in [4.69, 9.17) is 6.42 Å². The summed E-state index contributed by atoms with van der Waals surface area (Å²) in [7, 11) is 0. The van der Waals surface area contributed by atoms with Crippen molar-refractivity contribution in [3.8, 4) is 24.2 Å². The summed E-state index contributed by atoms with van der Waals surface area (Å²) < 4.78 is 0. The molecule has 0 radical (unpaired) electrons. The maximum Gasteiger partial charge on any atom is 0.307 e. The Balaban J connectivity index is 2.42. The lowest BCUT2D eigenvalue weighted by atomic mass is 9.86. The smallest absolute Gasteiger partial charge is 0.307 e. The molecule has 0 spiro atoms. The highest BCUT2D eigenvalue weighted by atomic mass is 16.4. The van der Waals surface area contributed by atoms with Crippen LogP contribution in [0.3, 0.4) is 0 Å². The van der Waals surface area contributed by atoms with Crippen molar-refractivity contribution >= 4 is 11.8 Å². The van der Waals surface area contributed by atoms with Gasteiger partial charge in [-0.2, -0.15) is 0 Å². The zero-order chi connectivity index (χ0) is 19.4. The van der Waals surface area contributed by atoms with Crippen molar-refractivity contribution in [1.82, 2.24) is 0 Å². The first-order valence-electron chi connectivity index (χ1n) is 9.52. The molecule has 26 heavy (non-hydrogen) atoms. The average molecular weight is 358 g/mol. The number of hydrogen-bond donors (Lipinski definition) is 2. The minimum Gasteiger partial charge on any atom is -0.481 e. The Morgan fingerprint density at radius 2 is 2.19 bits per heavy atom. The molecule has 4 heteroatoms. The van der Waals surface area contributed by atoms with E-state index in [2.05, 4.69) is 24.7 Å². The second-order valence-electron chi connectivity index (χ2n) is 6.93. The lowest BCUT2D eigenvalue weighted by Gasteiger charge is -2.17. The van der Waals surface area contributed by atoms with Crippen LogP contribution in [-0.4, -0.2) is 27.6 Å². The molecular weight excluding hydrogens is 328 g/mol. The number of hydrogen-bond acceptors (Lipinski definition) is 3. The van der Waals surface area contributed by atoms with Gasteiger partial charge in [0.15, 0.2) is 0 Å². The average Bonchev–Trinajstić information content (AvgIpc) is 3.03. The molecule has 1 aliphatic carbocycles. The third-order valence-corrected chi connectivity index (χ3v) is 4.89. The number of carboxylic acid groups (broad SMARTS) is 1. The molecule has 1 fully saturated rings. The highest BCUT2D eigenvalue weighted by Gasteiger charge is 2.35. The predicted molar refractivity (Wildman–Crippen MR) is 102 cm³/mol. The molecule has 0 saturated heterocycles. The lowest BCUT2D eigenvalue weighted by molar-refractivity contribution is -0.146. The van der Waals surface area contributed by atoms with Gasteiger partial charge >= 0.3 is 5.97 Å². The van der Waals surface area contributed by atoms with Gasteiger partial charge in [0.25, 0.3) is 0 Å². The minimum absolute atomic E-state index is 0.0740. The van der Waals surface area contributed by atoms with E-state index in [1.54, 1.807) is 12.2 Å². The van der Waals surface area contributed by atoms with Crippen LogP contribution in [0.1, 0.15) is 71.1 Å². The minimum atomic E-state index is -1.21. The summed E-state index contributed by atoms with van der Waals surface area (Å²) in [6.07, 6.45) is 15.6. The number of carboxylic acids is 1. The van der Waals surface area contributed by atoms with Crippen LogP contribution in [0.2, 0.25) is 0 Å². The molecular formula is C22H30O4. The predicted octanol–water partition coefficient (Wildman–Crippen LogP) is 3.73. The van der Waals surface area contributed by atoms with Crippen LogP contribution in [0, 0.1) is 36.0 Å². The molecule has 4 nitrogen and oxygen atoms in total. The second-order valence-corrected chi connectivity index (χ2v) is 6.93. The highest BCUT2D eigenvalue weighted by molar-refractivity contribution is 5.87. The first-order chi connectivity index (χ1) is 12.4. The van der Waals surface area contributed by atoms with Crippen molar-refractivity contribution in [2.45, 2.75) is 76.7 Å². The number of carbonyl (C=O) groups excluding carboxylic acids is 1. The van der Waals surface area contributed by atoms with Gasteiger partial charge in [0.2, 0.25) is 0 Å². The zero-order valence-electron chi connectivity index (χ0n) is 15.7. The molecule has 0 aromatic carbocycles. The fraction of sp³-hybridized carbons (Fsp3) is 0.636. The summed E-state index contributed by atoms with van der Waals surface area (Å²) in [6, 6.07) is 0. The SMILES string of the molecule is C#C[C@](O)(/C=C/CC#CCC[C@H](C(=O)O)[C@H]1CCCC1=O)CCCCC. The fourth-order valence-electron chi connectivity index (χ4n) is 3.31. The van der Waals surface area contributed by atoms with Crippen molar-refractivity contribution in [1.29, 1.82) is 0 Å². The van der Waals surface area contributed by atoms with E-state index in [1.807, 2.05) is 0 Å². The van der Waals surface area contributed by atoms with E-state index in [0.717, 1.165) is 25.7 Å². The summed E-state index contributed by atoms with van der Waals surface area (Å²) in [5.41, 5.74) is -1.21. The lowest BCUT2D eigenvalue weighted by Crippen LogP contribution is -2.26. The van der Waals surface area contributed by atoms with Gasteiger partial charge in [0.1, 0.15) is 11.4 Å². The number of aliphatic hydroxyl groups is 1. The first-order valence-corrected chi connectivity index (χ1v) is 9.52. The zero-order valence-corrected chi connectivity index (χ0v) is 15.7. The number of ketones is 1. The number of unbranched alkanes of at least 4 members (excludes halogenated alkanes) is 2. The van der Waals surface area contributed by atoms with Crippen LogP contribution < -0.4 is 0 Å². The van der Waals surface area contributed by atoms with Gasteiger partial charge in [-0.25, -0.2) is 0 Å². The maximum absolute atomic E-state index is 11.8. The normalized spacial score (nSPS) is 20.2. The number of aliphatic carboxylic acids is 1. The van der Waals surface area contributed by atoms with Gasteiger partial charge in [-0.3, -0.25) is 9.59 Å². The molecule has 1 saturated carbocycles. The molecule has 0 amide bonds. The third-order valence-electron chi connectivity index (χ3n) is 4.89. The van der Waals surface area contributed by atoms with Crippen LogP contribution in [0.5, 0.6) is 0 Å². The summed E-state index contributed by atoms with van der Waals surface area (Å²) in [6.45, 7) is 2.10. The van der Waals surface area contributed by atoms with Gasteiger partial charge in [0, 0.05) is 25.2 Å². The van der Waals surface area contributed by atoms with E-state index < -0.39 is 17.5 Å². The van der Waals surface area contributed by atoms with E-state index in [0.29, 0.717) is 38.5 Å². The number of rotatable bonds is 10. The van der Waals surface area contributed by atoms with Crippen LogP contribution >= 0.6 is 0 Å². The van der Waals surface area contributed by atoms with Crippen molar-refractivity contribution in [3.63, 3.8) is 0 Å². The molecule has 0 aromatic heterocycles. The molecule has 3 atom stereocenters. The van der Waals surface area contributed by atoms with Crippen molar-refractivity contribution < 1.29 is 19.8 Å². The summed E-state index contributed by atoms with van der Waals surface area (Å²) in [5.74, 6) is 6.53. The van der Waals surface area contributed by atoms with Crippen molar-refractivity contribution in [2.24, 2.45) is 11.8 Å². The summed E-state index contributed by atoms with van der Waals surface area (Å²) in [4.78, 5) is 23.2. The number of terminal acetylenes is 1. The maximum atomic E-state index is 11.8. The van der Waals surface area contributed by atoms with Crippen LogP contribution in [0.4, 0.5) is 0 Å². The van der Waals surface area contributed by atoms with E-state index >= 15 is 0 Å². The van der Waals surface area contributed by atoms with E-state index in [9.17, 15) is 19.8 Å². The fourth-order valence-corrected chi connectivity index (χ4v) is 3.31. The molecule has 0 unspecified atom stereocenters. The monoisotopic (exact) mass is 358 g/mol. The number of Topliss-reactive ketones (excluding diaryl/α,β-unsaturated/α-hetero) is 1. The molecule has 0 heterocycles. The van der Waals surface area contributed by atoms with Gasteiger partial charge < -0.3 is 10.2 Å². The van der Waals surface area contributed by atoms with Crippen molar-refractivity contribution in [2.75, 3.05) is 0 Å². The Morgan fingerprint density at radius 1 is 1.42 bits per heavy atom. The Kier molecular flexibility index (Phi) is 9.78. The van der Waals surface area contributed by atoms with Crippen LogP contribution in [0.25, 0.3) is 0 Å². The molecule has 142 valence electrons. The first kappa shape index (κ1) is 22.0. The molecule has 0 aromatic rings. The Bertz CT molecular complexity index is 602. The summed E-state index contributed by atoms with van der Waals surface area (Å²) in [5, 5.41) is 19.6. The topological polar surface area (TPSA) is 74.6 Å². The molecule has 1 aliphatic rings. The van der Waals surface area contributed by atoms with Gasteiger partial charge in [-0.15, -0.1) is 12.3 Å². The largest absolute Gasteiger partial charge is 0.481 e. The molecule has 2 N–H and O–H groups in total. The Hall–Kier alpha value is -2.04. The standard InChI is InChI=1S/C22H30O4/c1-3-5-10-16-22(26,4-2)17-11-8-6-7-9-13-19(21(24)25)18-14-12-15-20(18)23/h2,11,17-19,26H,3,5,8-10,12-16H2,1H3,(H,24,25)/b17-11+/t18-,19+,22-/m1/s1. The third kappa shape index (κ3) is 7.46. The van der Waals surface area contributed by atoms with E-state index in [-0.39, 0.29) is 11.7 Å². The van der Waals surface area contributed by atoms with Gasteiger partial charge in [0.05, 0.1) is 5.92 Å². The number of carbonyl (C=O) groups is 2. The van der Waals surface area contributed by atoms with Gasteiger partial charge in [-0.05, 0) is 38.2 Å². The quantitative estimate of drug-likeness (QED) is 0.354. The van der Waals surface area contributed by atoms with Crippen LogP contribution in [0.15, 0.2) is 12.2 Å². The molecule has 0 bridgehead atoms. The summed E-state index contributed by atoms with van der Waals surface area (Å²) >= 11 is 0. The number of allylic oxidation sites excluding steroid dienone is 1. The Morgan fingerprint density at radius 3 is 2.77 bits per heavy atom. The molecule has 1 rings (SSSR count). The van der Waals surface area contributed by atoms with E-state index in [1.165, 1.54) is 0 Å². The second kappa shape index (κ2) is 11.6. The Labute approximate surface area is 157 Å².